The first-order chi connectivity index (χ1) is 6.99. The smallest absolute Gasteiger partial charge is 0.315 e. The van der Waals surface area contributed by atoms with E-state index in [1.165, 1.54) is 7.05 Å². The van der Waals surface area contributed by atoms with Crippen LogP contribution in [0.25, 0.3) is 0 Å². The molecule has 0 aromatic carbocycles. The molecule has 0 aromatic heterocycles. The van der Waals surface area contributed by atoms with E-state index < -0.39 is 23.5 Å². The molecule has 0 aliphatic heterocycles. The van der Waals surface area contributed by atoms with Crippen LogP contribution in [0.15, 0.2) is 24.3 Å². The summed E-state index contributed by atoms with van der Waals surface area (Å²) < 4.78 is 0. The predicted octanol–water partition coefficient (Wildman–Crippen LogP) is 0.501. The number of aliphatic carboxylic acids is 1. The van der Waals surface area contributed by atoms with Gasteiger partial charge in [-0.3, -0.25) is 4.79 Å². The van der Waals surface area contributed by atoms with Crippen molar-refractivity contribution in [1.82, 2.24) is 10.6 Å². The molecule has 5 nitrogen and oxygen atoms in total. The van der Waals surface area contributed by atoms with E-state index in [1.807, 2.05) is 0 Å². The largest absolute Gasteiger partial charge is 0.481 e. The number of carbonyl (C=O) groups is 2. The van der Waals surface area contributed by atoms with Gasteiger partial charge in [0.2, 0.25) is 0 Å². The van der Waals surface area contributed by atoms with Gasteiger partial charge in [0, 0.05) is 7.05 Å². The molecule has 3 N–H and O–H groups in total. The molecule has 5 heteroatoms. The Bertz CT molecular complexity index is 336. The van der Waals surface area contributed by atoms with Crippen molar-refractivity contribution in [3.63, 3.8) is 0 Å². The summed E-state index contributed by atoms with van der Waals surface area (Å²) in [6.07, 6.45) is 6.60. The Morgan fingerprint density at radius 2 is 2.07 bits per heavy atom. The van der Waals surface area contributed by atoms with Gasteiger partial charge in [0.15, 0.2) is 0 Å². The minimum atomic E-state index is -0.963. The van der Waals surface area contributed by atoms with Crippen LogP contribution in [0, 0.1) is 5.92 Å². The zero-order valence-electron chi connectivity index (χ0n) is 8.65. The summed E-state index contributed by atoms with van der Waals surface area (Å²) >= 11 is 0. The number of amides is 2. The van der Waals surface area contributed by atoms with Crippen LogP contribution >= 0.6 is 0 Å². The van der Waals surface area contributed by atoms with Gasteiger partial charge < -0.3 is 15.7 Å². The SMILES string of the molecule is CNC(=O)NC1(C)C=CC=CC1C(=O)O. The lowest BCUT2D eigenvalue weighted by Crippen LogP contribution is -2.54. The van der Waals surface area contributed by atoms with E-state index in [0.717, 1.165) is 0 Å². The molecule has 82 valence electrons. The number of carbonyl (C=O) groups excluding carboxylic acids is 1. The van der Waals surface area contributed by atoms with Crippen molar-refractivity contribution in [1.29, 1.82) is 0 Å². The number of carboxylic acid groups (broad SMARTS) is 1. The van der Waals surface area contributed by atoms with Crippen LogP contribution in [0.4, 0.5) is 4.79 Å². The molecule has 15 heavy (non-hydrogen) atoms. The highest BCUT2D eigenvalue weighted by molar-refractivity contribution is 5.80. The van der Waals surface area contributed by atoms with Gasteiger partial charge in [-0.15, -0.1) is 0 Å². The Kier molecular flexibility index (Phi) is 3.14. The van der Waals surface area contributed by atoms with Gasteiger partial charge in [-0.25, -0.2) is 4.79 Å². The molecule has 1 aliphatic rings. The van der Waals surface area contributed by atoms with Crippen LogP contribution in [-0.2, 0) is 4.79 Å². The molecule has 0 bridgehead atoms. The van der Waals surface area contributed by atoms with Gasteiger partial charge in [0.1, 0.15) is 5.92 Å². The molecule has 0 heterocycles. The second-order valence-electron chi connectivity index (χ2n) is 3.55. The molecule has 2 atom stereocenters. The summed E-state index contributed by atoms with van der Waals surface area (Å²) in [6.45, 7) is 1.67. The van der Waals surface area contributed by atoms with Gasteiger partial charge >= 0.3 is 12.0 Å². The lowest BCUT2D eigenvalue weighted by atomic mass is 9.82. The number of hydrogen-bond donors (Lipinski definition) is 3. The Hall–Kier alpha value is -1.78. The fraction of sp³-hybridized carbons (Fsp3) is 0.400. The van der Waals surface area contributed by atoms with Gasteiger partial charge in [-0.05, 0) is 6.92 Å². The summed E-state index contributed by atoms with van der Waals surface area (Å²) in [4.78, 5) is 22.2. The molecule has 0 fully saturated rings. The van der Waals surface area contributed by atoms with E-state index in [0.29, 0.717) is 0 Å². The molecule has 0 aromatic rings. The van der Waals surface area contributed by atoms with Gasteiger partial charge in [-0.2, -0.15) is 0 Å². The molecular formula is C10H14N2O3. The summed E-state index contributed by atoms with van der Waals surface area (Å²) in [5.41, 5.74) is -0.888. The standard InChI is InChI=1S/C10H14N2O3/c1-10(12-9(15)11-2)6-4-3-5-7(10)8(13)14/h3-7H,1-2H3,(H,13,14)(H2,11,12,15). The second-order valence-corrected chi connectivity index (χ2v) is 3.55. The summed E-state index contributed by atoms with van der Waals surface area (Å²) in [7, 11) is 1.48. The quantitative estimate of drug-likeness (QED) is 0.621. The van der Waals surface area contributed by atoms with Crippen molar-refractivity contribution in [2.45, 2.75) is 12.5 Å². The van der Waals surface area contributed by atoms with Crippen LogP contribution in [0.2, 0.25) is 0 Å². The first-order valence-corrected chi connectivity index (χ1v) is 4.58. The van der Waals surface area contributed by atoms with E-state index >= 15 is 0 Å². The average Bonchev–Trinajstić information content (AvgIpc) is 2.17. The molecule has 0 radical (unpaired) electrons. The number of carboxylic acids is 1. The lowest BCUT2D eigenvalue weighted by Gasteiger charge is -2.33. The zero-order chi connectivity index (χ0) is 11.5. The molecule has 0 spiro atoms. The van der Waals surface area contributed by atoms with Crippen molar-refractivity contribution < 1.29 is 14.7 Å². The van der Waals surface area contributed by atoms with E-state index in [2.05, 4.69) is 10.6 Å². The van der Waals surface area contributed by atoms with E-state index in [4.69, 9.17) is 5.11 Å². The van der Waals surface area contributed by atoms with Crippen LogP contribution in [0.1, 0.15) is 6.92 Å². The third-order valence-electron chi connectivity index (χ3n) is 2.38. The molecule has 2 unspecified atom stereocenters. The molecule has 1 rings (SSSR count). The predicted molar refractivity (Wildman–Crippen MR) is 55.4 cm³/mol. The van der Waals surface area contributed by atoms with Crippen LogP contribution in [-0.4, -0.2) is 29.7 Å². The van der Waals surface area contributed by atoms with Gasteiger partial charge in [-0.1, -0.05) is 24.3 Å². The summed E-state index contributed by atoms with van der Waals surface area (Å²) in [6, 6.07) is -0.399. The van der Waals surface area contributed by atoms with Gasteiger partial charge in [0.25, 0.3) is 0 Å². The minimum absolute atomic E-state index is 0.399. The number of urea groups is 1. The van der Waals surface area contributed by atoms with Crippen molar-refractivity contribution in [3.05, 3.63) is 24.3 Å². The highest BCUT2D eigenvalue weighted by atomic mass is 16.4. The molecule has 2 amide bonds. The number of hydrogen-bond acceptors (Lipinski definition) is 2. The topological polar surface area (TPSA) is 78.4 Å². The number of nitrogens with one attached hydrogen (secondary N) is 2. The monoisotopic (exact) mass is 210 g/mol. The maximum Gasteiger partial charge on any atom is 0.315 e. The average molecular weight is 210 g/mol. The highest BCUT2D eigenvalue weighted by Gasteiger charge is 2.37. The van der Waals surface area contributed by atoms with Crippen molar-refractivity contribution in [3.8, 4) is 0 Å². The maximum absolute atomic E-state index is 11.2. The molecule has 0 saturated carbocycles. The van der Waals surface area contributed by atoms with Crippen molar-refractivity contribution in [2.24, 2.45) is 5.92 Å². The van der Waals surface area contributed by atoms with Crippen molar-refractivity contribution in [2.75, 3.05) is 7.05 Å². The van der Waals surface area contributed by atoms with Gasteiger partial charge in [0.05, 0.1) is 5.54 Å². The lowest BCUT2D eigenvalue weighted by molar-refractivity contribution is -0.141. The fourth-order valence-electron chi connectivity index (χ4n) is 1.50. The Morgan fingerprint density at radius 1 is 1.40 bits per heavy atom. The molecular weight excluding hydrogens is 196 g/mol. The maximum atomic E-state index is 11.2. The van der Waals surface area contributed by atoms with Crippen LogP contribution in [0.5, 0.6) is 0 Å². The minimum Gasteiger partial charge on any atom is -0.481 e. The third kappa shape index (κ3) is 2.37. The fourth-order valence-corrected chi connectivity index (χ4v) is 1.50. The van der Waals surface area contributed by atoms with Crippen molar-refractivity contribution >= 4 is 12.0 Å². The second kappa shape index (κ2) is 4.16. The molecule has 1 aliphatic carbocycles. The zero-order valence-corrected chi connectivity index (χ0v) is 8.65. The Morgan fingerprint density at radius 3 is 2.60 bits per heavy atom. The third-order valence-corrected chi connectivity index (χ3v) is 2.38. The normalized spacial score (nSPS) is 28.5. The number of rotatable bonds is 2. The first kappa shape index (κ1) is 11.3. The summed E-state index contributed by atoms with van der Waals surface area (Å²) in [5.74, 6) is -1.71. The van der Waals surface area contributed by atoms with Crippen LogP contribution < -0.4 is 10.6 Å². The van der Waals surface area contributed by atoms with E-state index in [9.17, 15) is 9.59 Å². The summed E-state index contributed by atoms with van der Waals surface area (Å²) in [5, 5.41) is 14.0. The highest BCUT2D eigenvalue weighted by Crippen LogP contribution is 2.24. The Labute approximate surface area is 87.9 Å². The Balaban J connectivity index is 2.88. The van der Waals surface area contributed by atoms with E-state index in [-0.39, 0.29) is 0 Å². The number of allylic oxidation sites excluding steroid dienone is 2. The van der Waals surface area contributed by atoms with Crippen LogP contribution in [0.3, 0.4) is 0 Å². The van der Waals surface area contributed by atoms with E-state index in [1.54, 1.807) is 31.2 Å². The molecule has 0 saturated heterocycles. The first-order valence-electron chi connectivity index (χ1n) is 4.58.